The molecule has 0 aliphatic rings. The number of hydrogen-bond acceptors (Lipinski definition) is 4. The molecule has 3 N–H and O–H groups in total. The summed E-state index contributed by atoms with van der Waals surface area (Å²) >= 11 is 0. The van der Waals surface area contributed by atoms with E-state index in [0.717, 1.165) is 5.56 Å². The molecule has 0 amide bonds. The molecular formula is C8H10N2O2. The second kappa shape index (κ2) is 3.94. The number of aliphatic hydroxyl groups excluding tert-OH is 1. The molecule has 1 unspecified atom stereocenters. The van der Waals surface area contributed by atoms with Crippen LogP contribution in [0.1, 0.15) is 22.1 Å². The van der Waals surface area contributed by atoms with Crippen LogP contribution in [0.2, 0.25) is 0 Å². The van der Waals surface area contributed by atoms with Crippen molar-refractivity contribution in [2.24, 2.45) is 5.73 Å². The monoisotopic (exact) mass is 166 g/mol. The Morgan fingerprint density at radius 1 is 1.75 bits per heavy atom. The van der Waals surface area contributed by atoms with Gasteiger partial charge in [0, 0.05) is 6.20 Å². The van der Waals surface area contributed by atoms with Crippen molar-refractivity contribution < 1.29 is 9.90 Å². The van der Waals surface area contributed by atoms with Crippen molar-refractivity contribution in [3.63, 3.8) is 0 Å². The third kappa shape index (κ3) is 1.87. The molecule has 0 aromatic carbocycles. The highest BCUT2D eigenvalue weighted by Gasteiger charge is 2.04. The average molecular weight is 166 g/mol. The molecule has 0 saturated carbocycles. The van der Waals surface area contributed by atoms with E-state index in [1.807, 2.05) is 0 Å². The molecule has 0 spiro atoms. The number of aromatic nitrogens is 1. The van der Waals surface area contributed by atoms with Gasteiger partial charge in [-0.15, -0.1) is 0 Å². The van der Waals surface area contributed by atoms with E-state index in [-0.39, 0.29) is 6.61 Å². The van der Waals surface area contributed by atoms with E-state index in [9.17, 15) is 4.79 Å². The van der Waals surface area contributed by atoms with E-state index in [2.05, 4.69) is 4.98 Å². The number of nitrogens with two attached hydrogens (primary N) is 1. The van der Waals surface area contributed by atoms with Crippen molar-refractivity contribution in [3.8, 4) is 0 Å². The van der Waals surface area contributed by atoms with Gasteiger partial charge in [-0.3, -0.25) is 9.78 Å². The summed E-state index contributed by atoms with van der Waals surface area (Å²) in [4.78, 5) is 14.1. The maximum Gasteiger partial charge on any atom is 0.168 e. The Morgan fingerprint density at radius 3 is 3.08 bits per heavy atom. The summed E-state index contributed by atoms with van der Waals surface area (Å²) in [5.74, 6) is 0. The standard InChI is InChI=1S/C8H10N2O2/c9-8(5-12)6-1-2-10-7(3-6)4-11/h1-4,8,12H,5,9H2. The van der Waals surface area contributed by atoms with E-state index in [1.54, 1.807) is 12.1 Å². The minimum Gasteiger partial charge on any atom is -0.394 e. The van der Waals surface area contributed by atoms with Gasteiger partial charge in [-0.1, -0.05) is 0 Å². The van der Waals surface area contributed by atoms with Crippen LogP contribution in [0.4, 0.5) is 0 Å². The summed E-state index contributed by atoms with van der Waals surface area (Å²) < 4.78 is 0. The fraction of sp³-hybridized carbons (Fsp3) is 0.250. The summed E-state index contributed by atoms with van der Waals surface area (Å²) in [6, 6.07) is 2.80. The maximum absolute atomic E-state index is 10.3. The second-order valence-corrected chi connectivity index (χ2v) is 2.42. The highest BCUT2D eigenvalue weighted by Crippen LogP contribution is 2.08. The molecule has 0 aliphatic carbocycles. The van der Waals surface area contributed by atoms with Crippen molar-refractivity contribution in [3.05, 3.63) is 29.6 Å². The van der Waals surface area contributed by atoms with Crippen LogP contribution in [-0.2, 0) is 0 Å². The van der Waals surface area contributed by atoms with Crippen molar-refractivity contribution >= 4 is 6.29 Å². The molecule has 1 atom stereocenters. The van der Waals surface area contributed by atoms with E-state index in [4.69, 9.17) is 10.8 Å². The van der Waals surface area contributed by atoms with Crippen LogP contribution < -0.4 is 5.73 Å². The number of pyridine rings is 1. The number of aliphatic hydroxyl groups is 1. The molecule has 12 heavy (non-hydrogen) atoms. The van der Waals surface area contributed by atoms with E-state index in [0.29, 0.717) is 12.0 Å². The lowest BCUT2D eigenvalue weighted by atomic mass is 10.1. The lowest BCUT2D eigenvalue weighted by molar-refractivity contribution is 0.111. The normalized spacial score (nSPS) is 12.5. The Hall–Kier alpha value is -1.26. The minimum atomic E-state index is -0.438. The minimum absolute atomic E-state index is 0.137. The summed E-state index contributed by atoms with van der Waals surface area (Å²) in [7, 11) is 0. The fourth-order valence-electron chi connectivity index (χ4n) is 0.866. The third-order valence-corrected chi connectivity index (χ3v) is 1.55. The predicted molar refractivity (Wildman–Crippen MR) is 43.6 cm³/mol. The van der Waals surface area contributed by atoms with Crippen LogP contribution >= 0.6 is 0 Å². The quantitative estimate of drug-likeness (QED) is 0.614. The first-order valence-electron chi connectivity index (χ1n) is 3.55. The van der Waals surface area contributed by atoms with Crippen LogP contribution in [0.25, 0.3) is 0 Å². The number of rotatable bonds is 3. The van der Waals surface area contributed by atoms with Crippen molar-refractivity contribution in [1.29, 1.82) is 0 Å². The molecule has 0 radical (unpaired) electrons. The van der Waals surface area contributed by atoms with E-state index >= 15 is 0 Å². The molecule has 0 aliphatic heterocycles. The largest absolute Gasteiger partial charge is 0.394 e. The van der Waals surface area contributed by atoms with Gasteiger partial charge in [0.05, 0.1) is 12.6 Å². The Kier molecular flexibility index (Phi) is 2.90. The summed E-state index contributed by atoms with van der Waals surface area (Å²) in [6.45, 7) is -0.137. The zero-order valence-electron chi connectivity index (χ0n) is 6.47. The zero-order valence-corrected chi connectivity index (χ0v) is 6.47. The molecule has 1 rings (SSSR count). The van der Waals surface area contributed by atoms with Crippen molar-refractivity contribution in [2.75, 3.05) is 6.61 Å². The Balaban J connectivity index is 2.93. The van der Waals surface area contributed by atoms with Gasteiger partial charge in [-0.2, -0.15) is 0 Å². The molecule has 0 fully saturated rings. The lowest BCUT2D eigenvalue weighted by Crippen LogP contribution is -2.14. The van der Waals surface area contributed by atoms with Gasteiger partial charge in [0.1, 0.15) is 5.69 Å². The molecule has 0 bridgehead atoms. The molecule has 4 heteroatoms. The number of carbonyl (C=O) groups excluding carboxylic acids is 1. The van der Waals surface area contributed by atoms with E-state index < -0.39 is 6.04 Å². The first-order chi connectivity index (χ1) is 5.77. The van der Waals surface area contributed by atoms with Gasteiger partial charge < -0.3 is 10.8 Å². The molecule has 1 aromatic heterocycles. The molecule has 1 heterocycles. The third-order valence-electron chi connectivity index (χ3n) is 1.55. The van der Waals surface area contributed by atoms with Crippen molar-refractivity contribution in [1.82, 2.24) is 4.98 Å². The highest BCUT2D eigenvalue weighted by atomic mass is 16.3. The smallest absolute Gasteiger partial charge is 0.168 e. The predicted octanol–water partition coefficient (Wildman–Crippen LogP) is -0.114. The summed E-state index contributed by atoms with van der Waals surface area (Å²) in [5, 5.41) is 8.72. The number of hydrogen-bond donors (Lipinski definition) is 2. The molecular weight excluding hydrogens is 156 g/mol. The van der Waals surface area contributed by atoms with Crippen LogP contribution in [0.5, 0.6) is 0 Å². The Bertz CT molecular complexity index is 276. The van der Waals surface area contributed by atoms with Gasteiger partial charge in [0.25, 0.3) is 0 Å². The summed E-state index contributed by atoms with van der Waals surface area (Å²) in [6.07, 6.45) is 2.14. The van der Waals surface area contributed by atoms with Gasteiger partial charge in [-0.05, 0) is 17.7 Å². The summed E-state index contributed by atoms with van der Waals surface area (Å²) in [5.41, 5.74) is 6.57. The molecule has 1 aromatic rings. The van der Waals surface area contributed by atoms with E-state index in [1.165, 1.54) is 6.20 Å². The van der Waals surface area contributed by atoms with Crippen LogP contribution in [0.3, 0.4) is 0 Å². The number of nitrogens with zero attached hydrogens (tertiary/aromatic N) is 1. The topological polar surface area (TPSA) is 76.2 Å². The van der Waals surface area contributed by atoms with Crippen LogP contribution in [0.15, 0.2) is 18.3 Å². The second-order valence-electron chi connectivity index (χ2n) is 2.42. The van der Waals surface area contributed by atoms with Crippen molar-refractivity contribution in [2.45, 2.75) is 6.04 Å². The SMILES string of the molecule is NC(CO)c1ccnc(C=O)c1. The zero-order chi connectivity index (χ0) is 8.97. The molecule has 0 saturated heterocycles. The highest BCUT2D eigenvalue weighted by molar-refractivity contribution is 5.71. The maximum atomic E-state index is 10.3. The Labute approximate surface area is 70.0 Å². The van der Waals surface area contributed by atoms with Gasteiger partial charge >= 0.3 is 0 Å². The van der Waals surface area contributed by atoms with Crippen LogP contribution in [-0.4, -0.2) is 23.0 Å². The van der Waals surface area contributed by atoms with Gasteiger partial charge in [0.15, 0.2) is 6.29 Å². The Morgan fingerprint density at radius 2 is 2.50 bits per heavy atom. The first kappa shape index (κ1) is 8.83. The lowest BCUT2D eigenvalue weighted by Gasteiger charge is -2.07. The number of carbonyl (C=O) groups is 1. The van der Waals surface area contributed by atoms with Gasteiger partial charge in [-0.25, -0.2) is 0 Å². The first-order valence-corrected chi connectivity index (χ1v) is 3.55. The molecule has 4 nitrogen and oxygen atoms in total. The molecule has 64 valence electrons. The number of aldehydes is 1. The van der Waals surface area contributed by atoms with Gasteiger partial charge in [0.2, 0.25) is 0 Å². The average Bonchev–Trinajstić information content (AvgIpc) is 2.17. The fourth-order valence-corrected chi connectivity index (χ4v) is 0.866. The van der Waals surface area contributed by atoms with Crippen LogP contribution in [0, 0.1) is 0 Å².